The summed E-state index contributed by atoms with van der Waals surface area (Å²) in [6, 6.07) is 4.71. The number of amides is 1. The number of carbonyl (C=O) groups excluding carboxylic acids is 1. The SMILES string of the molecule is Cc1noc(C)c1C(=O)N(Cc1cccnc1)CC1CCCN(C2CCCCC2)C1. The van der Waals surface area contributed by atoms with Gasteiger partial charge in [0.25, 0.3) is 5.91 Å². The highest BCUT2D eigenvalue weighted by atomic mass is 16.5. The molecule has 1 aliphatic carbocycles. The van der Waals surface area contributed by atoms with Crippen LogP contribution in [0.5, 0.6) is 0 Å². The van der Waals surface area contributed by atoms with Gasteiger partial charge in [0.05, 0.1) is 5.69 Å². The Hall–Kier alpha value is -2.21. The average Bonchev–Trinajstić information content (AvgIpc) is 3.12. The monoisotopic (exact) mass is 410 g/mol. The number of hydrogen-bond acceptors (Lipinski definition) is 5. The zero-order valence-corrected chi connectivity index (χ0v) is 18.3. The quantitative estimate of drug-likeness (QED) is 0.707. The number of hydrogen-bond donors (Lipinski definition) is 0. The highest BCUT2D eigenvalue weighted by Crippen LogP contribution is 2.28. The van der Waals surface area contributed by atoms with E-state index in [1.54, 1.807) is 6.20 Å². The first-order valence-electron chi connectivity index (χ1n) is 11.5. The van der Waals surface area contributed by atoms with E-state index in [4.69, 9.17) is 4.52 Å². The fourth-order valence-corrected chi connectivity index (χ4v) is 5.21. The van der Waals surface area contributed by atoms with Gasteiger partial charge >= 0.3 is 0 Å². The van der Waals surface area contributed by atoms with Crippen molar-refractivity contribution in [2.45, 2.75) is 71.4 Å². The minimum Gasteiger partial charge on any atom is -0.361 e. The Morgan fingerprint density at radius 1 is 1.20 bits per heavy atom. The summed E-state index contributed by atoms with van der Waals surface area (Å²) in [5.74, 6) is 1.12. The molecule has 1 aliphatic heterocycles. The van der Waals surface area contributed by atoms with Gasteiger partial charge in [0, 0.05) is 38.1 Å². The number of pyridine rings is 1. The van der Waals surface area contributed by atoms with Gasteiger partial charge in [-0.3, -0.25) is 9.78 Å². The van der Waals surface area contributed by atoms with E-state index in [2.05, 4.69) is 15.0 Å². The van der Waals surface area contributed by atoms with Crippen molar-refractivity contribution in [1.29, 1.82) is 0 Å². The molecule has 1 amide bonds. The number of nitrogens with zero attached hydrogens (tertiary/aromatic N) is 4. The van der Waals surface area contributed by atoms with Crippen molar-refractivity contribution < 1.29 is 9.32 Å². The number of carbonyl (C=O) groups is 1. The van der Waals surface area contributed by atoms with Gasteiger partial charge in [-0.2, -0.15) is 0 Å². The van der Waals surface area contributed by atoms with Crippen LogP contribution in [0, 0.1) is 19.8 Å². The number of rotatable bonds is 6. The van der Waals surface area contributed by atoms with Crippen LogP contribution in [-0.4, -0.2) is 51.5 Å². The fourth-order valence-electron chi connectivity index (χ4n) is 5.21. The molecule has 1 saturated carbocycles. The van der Waals surface area contributed by atoms with Crippen LogP contribution in [0.2, 0.25) is 0 Å². The summed E-state index contributed by atoms with van der Waals surface area (Å²) < 4.78 is 5.29. The summed E-state index contributed by atoms with van der Waals surface area (Å²) in [6.45, 7) is 7.31. The molecule has 0 radical (unpaired) electrons. The van der Waals surface area contributed by atoms with Crippen LogP contribution in [0.4, 0.5) is 0 Å². The smallest absolute Gasteiger partial charge is 0.259 e. The molecule has 2 fully saturated rings. The number of piperidine rings is 1. The van der Waals surface area contributed by atoms with Gasteiger partial charge < -0.3 is 14.3 Å². The second-order valence-corrected chi connectivity index (χ2v) is 9.04. The zero-order valence-electron chi connectivity index (χ0n) is 18.3. The third kappa shape index (κ3) is 4.91. The first-order chi connectivity index (χ1) is 14.6. The number of aryl methyl sites for hydroxylation is 2. The Bertz CT molecular complexity index is 809. The summed E-state index contributed by atoms with van der Waals surface area (Å²) in [5.41, 5.74) is 2.33. The molecule has 1 atom stereocenters. The van der Waals surface area contributed by atoms with Crippen LogP contribution >= 0.6 is 0 Å². The van der Waals surface area contributed by atoms with Crippen molar-refractivity contribution in [3.05, 3.63) is 47.1 Å². The van der Waals surface area contributed by atoms with Gasteiger partial charge in [0.1, 0.15) is 11.3 Å². The van der Waals surface area contributed by atoms with Crippen molar-refractivity contribution in [1.82, 2.24) is 19.9 Å². The van der Waals surface area contributed by atoms with E-state index in [1.807, 2.05) is 37.1 Å². The molecule has 0 bridgehead atoms. The van der Waals surface area contributed by atoms with Crippen molar-refractivity contribution in [3.8, 4) is 0 Å². The normalized spacial score (nSPS) is 20.9. The lowest BCUT2D eigenvalue weighted by molar-refractivity contribution is 0.0581. The summed E-state index contributed by atoms with van der Waals surface area (Å²) in [4.78, 5) is 22.4. The maximum atomic E-state index is 13.5. The average molecular weight is 411 g/mol. The number of likely N-dealkylation sites (tertiary alicyclic amines) is 1. The van der Waals surface area contributed by atoms with Crippen molar-refractivity contribution >= 4 is 5.91 Å². The van der Waals surface area contributed by atoms with Gasteiger partial charge in [-0.05, 0) is 63.6 Å². The Morgan fingerprint density at radius 2 is 2.03 bits per heavy atom. The van der Waals surface area contributed by atoms with Crippen LogP contribution in [0.15, 0.2) is 29.0 Å². The molecule has 0 N–H and O–H groups in total. The molecule has 162 valence electrons. The molecule has 2 aliphatic rings. The van der Waals surface area contributed by atoms with E-state index in [0.717, 1.165) is 24.7 Å². The standard InChI is InChI=1S/C24H34N4O2/c1-18-23(19(2)30-26-18)24(29)28(15-20-8-6-12-25-14-20)17-21-9-7-13-27(16-21)22-10-4-3-5-11-22/h6,8,12,14,21-22H,3-5,7,9-11,13,15-17H2,1-2H3. The fraction of sp³-hybridized carbons (Fsp3) is 0.625. The molecule has 3 heterocycles. The van der Waals surface area contributed by atoms with E-state index >= 15 is 0 Å². The van der Waals surface area contributed by atoms with E-state index < -0.39 is 0 Å². The van der Waals surface area contributed by atoms with Crippen molar-refractivity contribution in [2.75, 3.05) is 19.6 Å². The molecule has 4 rings (SSSR count). The lowest BCUT2D eigenvalue weighted by Crippen LogP contribution is -2.47. The maximum absolute atomic E-state index is 13.5. The minimum absolute atomic E-state index is 0.0184. The third-order valence-corrected chi connectivity index (χ3v) is 6.75. The van der Waals surface area contributed by atoms with Crippen molar-refractivity contribution in [3.63, 3.8) is 0 Å². The molecule has 2 aromatic heterocycles. The summed E-state index contributed by atoms with van der Waals surface area (Å²) in [5, 5.41) is 4.00. The minimum atomic E-state index is 0.0184. The molecule has 30 heavy (non-hydrogen) atoms. The van der Waals surface area contributed by atoms with E-state index in [9.17, 15) is 4.79 Å². The molecule has 6 nitrogen and oxygen atoms in total. The third-order valence-electron chi connectivity index (χ3n) is 6.75. The topological polar surface area (TPSA) is 62.5 Å². The van der Waals surface area contributed by atoms with Crippen LogP contribution in [0.3, 0.4) is 0 Å². The first kappa shape index (κ1) is 21.0. The second-order valence-electron chi connectivity index (χ2n) is 9.04. The highest BCUT2D eigenvalue weighted by Gasteiger charge is 2.30. The Balaban J connectivity index is 1.49. The van der Waals surface area contributed by atoms with Gasteiger partial charge in [-0.1, -0.05) is 30.5 Å². The van der Waals surface area contributed by atoms with Crippen LogP contribution < -0.4 is 0 Å². The molecule has 0 spiro atoms. The Morgan fingerprint density at radius 3 is 2.73 bits per heavy atom. The summed E-state index contributed by atoms with van der Waals surface area (Å²) in [7, 11) is 0. The van der Waals surface area contributed by atoms with Gasteiger partial charge in [-0.25, -0.2) is 0 Å². The predicted octanol–water partition coefficient (Wildman–Crippen LogP) is 4.37. The maximum Gasteiger partial charge on any atom is 0.259 e. The second kappa shape index (κ2) is 9.73. The number of aromatic nitrogens is 2. The molecular formula is C24H34N4O2. The van der Waals surface area contributed by atoms with Gasteiger partial charge in [0.15, 0.2) is 0 Å². The lowest BCUT2D eigenvalue weighted by Gasteiger charge is -2.41. The van der Waals surface area contributed by atoms with Crippen LogP contribution in [-0.2, 0) is 6.54 Å². The van der Waals surface area contributed by atoms with Gasteiger partial charge in [0.2, 0.25) is 0 Å². The molecule has 2 aromatic rings. The molecular weight excluding hydrogens is 376 g/mol. The zero-order chi connectivity index (χ0) is 20.9. The first-order valence-corrected chi connectivity index (χ1v) is 11.5. The van der Waals surface area contributed by atoms with Crippen molar-refractivity contribution in [2.24, 2.45) is 5.92 Å². The van der Waals surface area contributed by atoms with Gasteiger partial charge in [-0.15, -0.1) is 0 Å². The van der Waals surface area contributed by atoms with E-state index in [1.165, 1.54) is 51.5 Å². The van der Waals surface area contributed by atoms with Crippen LogP contribution in [0.25, 0.3) is 0 Å². The largest absolute Gasteiger partial charge is 0.361 e. The molecule has 1 unspecified atom stereocenters. The summed E-state index contributed by atoms with van der Waals surface area (Å²) in [6.07, 6.45) is 12.8. The molecule has 0 aromatic carbocycles. The molecule has 1 saturated heterocycles. The molecule has 6 heteroatoms. The lowest BCUT2D eigenvalue weighted by atomic mass is 9.90. The predicted molar refractivity (Wildman–Crippen MR) is 116 cm³/mol. The van der Waals surface area contributed by atoms with Crippen LogP contribution in [0.1, 0.15) is 72.3 Å². The van der Waals surface area contributed by atoms with E-state index in [-0.39, 0.29) is 5.91 Å². The Kier molecular flexibility index (Phi) is 6.82. The summed E-state index contributed by atoms with van der Waals surface area (Å²) >= 11 is 0. The van der Waals surface area contributed by atoms with E-state index in [0.29, 0.717) is 29.5 Å². The highest BCUT2D eigenvalue weighted by molar-refractivity contribution is 5.96. The Labute approximate surface area is 179 Å².